The fourth-order valence-corrected chi connectivity index (χ4v) is 2.33. The Morgan fingerprint density at radius 3 is 2.36 bits per heavy atom. The van der Waals surface area contributed by atoms with Crippen molar-refractivity contribution < 1.29 is 19.5 Å². The van der Waals surface area contributed by atoms with Gasteiger partial charge in [-0.15, -0.1) is 0 Å². The number of carbonyl (C=O) groups excluding carboxylic acids is 3. The van der Waals surface area contributed by atoms with Crippen LogP contribution in [0.2, 0.25) is 5.02 Å². The number of rotatable bonds is 6. The first-order valence-corrected chi connectivity index (χ1v) is 7.91. The van der Waals surface area contributed by atoms with Crippen LogP contribution in [0.4, 0.5) is 11.4 Å². The van der Waals surface area contributed by atoms with Crippen LogP contribution >= 0.6 is 11.6 Å². The second kappa shape index (κ2) is 8.30. The van der Waals surface area contributed by atoms with E-state index in [1.807, 2.05) is 0 Å². The Kier molecular flexibility index (Phi) is 6.14. The highest BCUT2D eigenvalue weighted by Crippen LogP contribution is 2.24. The van der Waals surface area contributed by atoms with Crippen molar-refractivity contribution in [3.8, 4) is 0 Å². The van der Waals surface area contributed by atoms with E-state index in [1.54, 1.807) is 49.4 Å². The van der Waals surface area contributed by atoms with Gasteiger partial charge in [0.1, 0.15) is 0 Å². The molecule has 7 heteroatoms. The van der Waals surface area contributed by atoms with Crippen molar-refractivity contribution in [3.63, 3.8) is 0 Å². The van der Waals surface area contributed by atoms with Crippen LogP contribution in [0, 0.1) is 6.92 Å². The van der Waals surface area contributed by atoms with Crippen LogP contribution in [0.25, 0.3) is 0 Å². The molecule has 0 aliphatic carbocycles. The van der Waals surface area contributed by atoms with Crippen molar-refractivity contribution in [2.45, 2.75) is 19.8 Å². The summed E-state index contributed by atoms with van der Waals surface area (Å²) in [6, 6.07) is 11.6. The van der Waals surface area contributed by atoms with E-state index >= 15 is 0 Å². The molecule has 0 radical (unpaired) electrons. The molecular weight excluding hydrogens is 344 g/mol. The number of aliphatic carboxylic acids is 1. The Morgan fingerprint density at radius 2 is 1.64 bits per heavy atom. The molecule has 2 N–H and O–H groups in total. The van der Waals surface area contributed by atoms with Crippen molar-refractivity contribution in [2.24, 2.45) is 0 Å². The van der Waals surface area contributed by atoms with E-state index < -0.39 is 17.8 Å². The molecule has 2 aromatic rings. The third-order valence-electron chi connectivity index (χ3n) is 3.52. The van der Waals surface area contributed by atoms with Gasteiger partial charge in [0.05, 0.1) is 11.3 Å². The first-order chi connectivity index (χ1) is 11.9. The average molecular weight is 360 g/mol. The predicted octanol–water partition coefficient (Wildman–Crippen LogP) is 2.37. The van der Waals surface area contributed by atoms with E-state index in [1.165, 1.54) is 0 Å². The molecule has 0 saturated heterocycles. The normalized spacial score (nSPS) is 10.2. The van der Waals surface area contributed by atoms with Gasteiger partial charge in [-0.3, -0.25) is 9.59 Å². The quantitative estimate of drug-likeness (QED) is 0.827. The SMILES string of the molecule is Cc1c(Cl)cccc1NC(=O)c1ccccc1NC(=O)CCC(=O)[O-]. The van der Waals surface area contributed by atoms with Crippen LogP contribution in [0.15, 0.2) is 42.5 Å². The van der Waals surface area contributed by atoms with Crippen molar-refractivity contribution in [3.05, 3.63) is 58.6 Å². The van der Waals surface area contributed by atoms with Crippen LogP contribution in [-0.2, 0) is 9.59 Å². The lowest BCUT2D eigenvalue weighted by atomic mass is 10.1. The summed E-state index contributed by atoms with van der Waals surface area (Å²) in [5, 5.41) is 16.3. The highest BCUT2D eigenvalue weighted by molar-refractivity contribution is 6.31. The zero-order valence-corrected chi connectivity index (χ0v) is 14.2. The molecule has 2 rings (SSSR count). The van der Waals surface area contributed by atoms with Gasteiger partial charge in [-0.05, 0) is 43.2 Å². The number of hydrogen-bond donors (Lipinski definition) is 2. The zero-order valence-electron chi connectivity index (χ0n) is 13.5. The van der Waals surface area contributed by atoms with E-state index in [4.69, 9.17) is 11.6 Å². The van der Waals surface area contributed by atoms with E-state index in [0.29, 0.717) is 16.4 Å². The van der Waals surface area contributed by atoms with Crippen molar-refractivity contribution in [2.75, 3.05) is 10.6 Å². The van der Waals surface area contributed by atoms with Crippen molar-refractivity contribution >= 4 is 40.8 Å². The number of hydrogen-bond acceptors (Lipinski definition) is 4. The molecule has 0 saturated carbocycles. The lowest BCUT2D eigenvalue weighted by Crippen LogP contribution is -2.24. The number of benzene rings is 2. The summed E-state index contributed by atoms with van der Waals surface area (Å²) in [4.78, 5) is 34.8. The number of anilines is 2. The summed E-state index contributed by atoms with van der Waals surface area (Å²) in [5.74, 6) is -2.23. The largest absolute Gasteiger partial charge is 0.550 e. The predicted molar refractivity (Wildman–Crippen MR) is 93.5 cm³/mol. The minimum absolute atomic E-state index is 0.230. The number of carbonyl (C=O) groups is 3. The number of para-hydroxylation sites is 1. The number of carboxylic acids is 1. The van der Waals surface area contributed by atoms with Gasteiger partial charge in [0.15, 0.2) is 0 Å². The van der Waals surface area contributed by atoms with Crippen LogP contribution in [0.1, 0.15) is 28.8 Å². The van der Waals surface area contributed by atoms with E-state index in [9.17, 15) is 19.5 Å². The third-order valence-corrected chi connectivity index (χ3v) is 3.93. The first kappa shape index (κ1) is 18.5. The number of amides is 2. The second-order valence-corrected chi connectivity index (χ2v) is 5.74. The smallest absolute Gasteiger partial charge is 0.257 e. The molecule has 25 heavy (non-hydrogen) atoms. The van der Waals surface area contributed by atoms with Gasteiger partial charge in [-0.1, -0.05) is 29.8 Å². The minimum Gasteiger partial charge on any atom is -0.550 e. The van der Waals surface area contributed by atoms with Crippen LogP contribution in [0.5, 0.6) is 0 Å². The summed E-state index contributed by atoms with van der Waals surface area (Å²) >= 11 is 6.04. The second-order valence-electron chi connectivity index (χ2n) is 5.33. The molecule has 0 fully saturated rings. The molecule has 2 amide bonds. The van der Waals surface area contributed by atoms with Gasteiger partial charge in [-0.25, -0.2) is 0 Å². The van der Waals surface area contributed by atoms with E-state index in [-0.39, 0.29) is 18.4 Å². The lowest BCUT2D eigenvalue weighted by molar-refractivity contribution is -0.305. The monoisotopic (exact) mass is 359 g/mol. The molecule has 2 aromatic carbocycles. The highest BCUT2D eigenvalue weighted by atomic mass is 35.5. The van der Waals surface area contributed by atoms with Crippen LogP contribution in [0.3, 0.4) is 0 Å². The summed E-state index contributed by atoms with van der Waals surface area (Å²) in [6.07, 6.45) is -0.617. The molecular formula is C18H16ClN2O4-. The highest BCUT2D eigenvalue weighted by Gasteiger charge is 2.14. The average Bonchev–Trinajstić information content (AvgIpc) is 2.57. The standard InChI is InChI=1S/C18H17ClN2O4/c1-11-13(19)6-4-8-14(11)21-18(25)12-5-2-3-7-15(12)20-16(22)9-10-17(23)24/h2-8H,9-10H2,1H3,(H,20,22)(H,21,25)(H,23,24)/p-1. The maximum absolute atomic E-state index is 12.5. The van der Waals surface area contributed by atoms with Gasteiger partial charge in [0, 0.05) is 23.1 Å². The van der Waals surface area contributed by atoms with Crippen molar-refractivity contribution in [1.82, 2.24) is 0 Å². The van der Waals surface area contributed by atoms with Gasteiger partial charge in [0.2, 0.25) is 5.91 Å². The van der Waals surface area contributed by atoms with Crippen LogP contribution < -0.4 is 15.7 Å². The Hall–Kier alpha value is -2.86. The number of nitrogens with one attached hydrogen (secondary N) is 2. The molecule has 0 unspecified atom stereocenters. The van der Waals surface area contributed by atoms with Gasteiger partial charge in [0.25, 0.3) is 5.91 Å². The summed E-state index contributed by atoms with van der Waals surface area (Å²) in [5.41, 5.74) is 1.84. The first-order valence-electron chi connectivity index (χ1n) is 7.53. The summed E-state index contributed by atoms with van der Waals surface area (Å²) in [7, 11) is 0. The van der Waals surface area contributed by atoms with Gasteiger partial charge in [-0.2, -0.15) is 0 Å². The topological polar surface area (TPSA) is 98.3 Å². The zero-order chi connectivity index (χ0) is 18.4. The molecule has 0 aliphatic heterocycles. The lowest BCUT2D eigenvalue weighted by Gasteiger charge is -2.13. The molecule has 130 valence electrons. The minimum atomic E-state index is -1.31. The molecule has 0 aliphatic rings. The molecule has 0 atom stereocenters. The maximum Gasteiger partial charge on any atom is 0.257 e. The van der Waals surface area contributed by atoms with E-state index in [0.717, 1.165) is 5.56 Å². The Bertz CT molecular complexity index is 820. The van der Waals surface area contributed by atoms with Crippen molar-refractivity contribution in [1.29, 1.82) is 0 Å². The number of halogens is 1. The fourth-order valence-electron chi connectivity index (χ4n) is 2.15. The Labute approximate surface area is 149 Å². The number of carboxylic acid groups (broad SMARTS) is 1. The molecule has 0 spiro atoms. The van der Waals surface area contributed by atoms with E-state index in [2.05, 4.69) is 10.6 Å². The van der Waals surface area contributed by atoms with Gasteiger partial charge < -0.3 is 20.5 Å². The summed E-state index contributed by atoms with van der Waals surface area (Å²) < 4.78 is 0. The Balaban J connectivity index is 2.16. The van der Waals surface area contributed by atoms with Gasteiger partial charge >= 0.3 is 0 Å². The fraction of sp³-hybridized carbons (Fsp3) is 0.167. The molecule has 0 aromatic heterocycles. The van der Waals surface area contributed by atoms with Crippen LogP contribution in [-0.4, -0.2) is 17.8 Å². The molecule has 0 bridgehead atoms. The maximum atomic E-state index is 12.5. The summed E-state index contributed by atoms with van der Waals surface area (Å²) in [6.45, 7) is 1.78. The Morgan fingerprint density at radius 1 is 0.960 bits per heavy atom. The third kappa shape index (κ3) is 5.06. The molecule has 6 nitrogen and oxygen atoms in total. The molecule has 0 heterocycles.